The van der Waals surface area contributed by atoms with Crippen molar-refractivity contribution in [1.29, 1.82) is 0 Å². The molecule has 2 heterocycles. The van der Waals surface area contributed by atoms with E-state index in [2.05, 4.69) is 9.47 Å². The van der Waals surface area contributed by atoms with Gasteiger partial charge in [0.1, 0.15) is 11.6 Å². The third-order valence-electron chi connectivity index (χ3n) is 7.38. The Bertz CT molecular complexity index is 1660. The van der Waals surface area contributed by atoms with Crippen molar-refractivity contribution in [3.63, 3.8) is 0 Å². The summed E-state index contributed by atoms with van der Waals surface area (Å²) < 4.78 is 101. The Kier molecular flexibility index (Phi) is 4.52. The minimum Gasteiger partial charge on any atom is -0.395 e. The Labute approximate surface area is 221 Å². The molecular weight excluding hydrogens is 487 g/mol. The van der Waals surface area contributed by atoms with Crippen molar-refractivity contribution >= 4 is 16.7 Å². The van der Waals surface area contributed by atoms with Crippen LogP contribution in [0.15, 0.2) is 36.3 Å². The van der Waals surface area contributed by atoms with Gasteiger partial charge in [-0.2, -0.15) is 0 Å². The summed E-state index contributed by atoms with van der Waals surface area (Å²) in [6, 6.07) is 2.13. The highest BCUT2D eigenvalue weighted by atomic mass is 19.3. The van der Waals surface area contributed by atoms with Gasteiger partial charge in [0.25, 0.3) is 0 Å². The molecule has 2 N–H and O–H groups in total. The van der Waals surface area contributed by atoms with Crippen molar-refractivity contribution in [1.82, 2.24) is 4.57 Å². The van der Waals surface area contributed by atoms with E-state index in [0.29, 0.717) is 17.5 Å². The molecule has 1 aromatic heterocycles. The SMILES string of the molecule is [2H]c1c([2H])c(C2(C(=O)Cc3cc4cc(C(C)(C)CC)n(C[C@]([2H])(O)C([2H])([2H])O)c4cc3F)CC2)c([2H])c2c1OC(F)(F)O2. The fraction of sp³-hybridized carbons (Fsp3) is 0.464. The van der Waals surface area contributed by atoms with Gasteiger partial charge in [0.05, 0.1) is 38.3 Å². The van der Waals surface area contributed by atoms with E-state index in [1.807, 2.05) is 20.8 Å². The second-order valence-electron chi connectivity index (χ2n) is 10.2. The summed E-state index contributed by atoms with van der Waals surface area (Å²) >= 11 is 0. The summed E-state index contributed by atoms with van der Waals surface area (Å²) in [5.74, 6) is -2.91. The van der Waals surface area contributed by atoms with Gasteiger partial charge in [-0.15, -0.1) is 8.78 Å². The summed E-state index contributed by atoms with van der Waals surface area (Å²) in [6.45, 7) is 1.60. The molecule has 0 radical (unpaired) electrons. The molecule has 6 nitrogen and oxygen atoms in total. The number of carbonyl (C=O) groups excluding carboxylic acids is 1. The molecule has 198 valence electrons. The first kappa shape index (κ1) is 19.1. The molecule has 1 atom stereocenters. The van der Waals surface area contributed by atoms with E-state index in [9.17, 15) is 23.8 Å². The van der Waals surface area contributed by atoms with E-state index in [0.717, 1.165) is 6.07 Å². The molecule has 2 aromatic carbocycles. The number of hydrogen-bond donors (Lipinski definition) is 2. The van der Waals surface area contributed by atoms with Crippen LogP contribution in [-0.4, -0.2) is 39.5 Å². The van der Waals surface area contributed by atoms with Gasteiger partial charge in [-0.25, -0.2) is 4.39 Å². The molecule has 0 saturated heterocycles. The van der Waals surface area contributed by atoms with E-state index in [-0.39, 0.29) is 29.5 Å². The minimum atomic E-state index is -4.13. The number of carbonyl (C=O) groups is 1. The standard InChI is InChI=1S/C28H30F3NO5/c1-4-26(2,3)24-10-17-9-16(20(29)13-21(17)32(24)14-19(34)15-33)11-25(35)27(7-8-27)18-5-6-22-23(12-18)37-28(30,31)36-22/h5-6,9-10,12-13,19,33-34H,4,7-8,11,14-15H2,1-3H3/t19-/m0/s1/i5D,6D,12D,15D2,19D. The maximum atomic E-state index is 15.6. The molecule has 0 spiro atoms. The van der Waals surface area contributed by atoms with Crippen LogP contribution in [-0.2, 0) is 28.6 Å². The Hall–Kier alpha value is -3.04. The highest BCUT2D eigenvalue weighted by Gasteiger charge is 2.52. The highest BCUT2D eigenvalue weighted by molar-refractivity contribution is 5.95. The molecule has 2 aliphatic rings. The van der Waals surface area contributed by atoms with Crippen molar-refractivity contribution < 1.29 is 45.9 Å². The third-order valence-corrected chi connectivity index (χ3v) is 7.38. The predicted octanol–water partition coefficient (Wildman–Crippen LogP) is 4.99. The van der Waals surface area contributed by atoms with Crippen LogP contribution in [0.25, 0.3) is 10.9 Å². The Morgan fingerprint density at radius 1 is 1.27 bits per heavy atom. The Balaban J connectivity index is 1.55. The fourth-order valence-electron chi connectivity index (χ4n) is 4.72. The number of ether oxygens (including phenoxy) is 2. The molecule has 1 fully saturated rings. The van der Waals surface area contributed by atoms with Crippen molar-refractivity contribution in [2.24, 2.45) is 0 Å². The second kappa shape index (κ2) is 8.77. The van der Waals surface area contributed by atoms with Gasteiger partial charge in [-0.1, -0.05) is 26.8 Å². The lowest BCUT2D eigenvalue weighted by atomic mass is 9.86. The number of nitrogens with zero attached hydrogens (tertiary/aromatic N) is 1. The maximum absolute atomic E-state index is 15.6. The van der Waals surface area contributed by atoms with Gasteiger partial charge in [-0.3, -0.25) is 4.79 Å². The molecular formula is C28H30F3NO5. The largest absolute Gasteiger partial charge is 0.586 e. The zero-order chi connectivity index (χ0) is 32.1. The number of Topliss-reactive ketones (excluding diaryl/α,β-unsaturated/α-hetero) is 1. The number of ketones is 1. The van der Waals surface area contributed by atoms with E-state index >= 15 is 4.39 Å². The average Bonchev–Trinajstić information content (AvgIpc) is 3.52. The third kappa shape index (κ3) is 4.48. The predicted molar refractivity (Wildman–Crippen MR) is 131 cm³/mol. The van der Waals surface area contributed by atoms with Crippen molar-refractivity contribution in [2.45, 2.75) is 76.2 Å². The molecule has 0 unspecified atom stereocenters. The number of fused-ring (bicyclic) bond motifs is 2. The fourth-order valence-corrected chi connectivity index (χ4v) is 4.72. The van der Waals surface area contributed by atoms with Crippen LogP contribution in [0.1, 0.15) is 65.1 Å². The molecule has 37 heavy (non-hydrogen) atoms. The Morgan fingerprint density at radius 2 is 1.97 bits per heavy atom. The number of benzene rings is 2. The lowest BCUT2D eigenvalue weighted by Crippen LogP contribution is -2.26. The summed E-state index contributed by atoms with van der Waals surface area (Å²) in [4.78, 5) is 13.7. The summed E-state index contributed by atoms with van der Waals surface area (Å²) in [6.07, 6.45) is -6.72. The molecule has 1 aliphatic heterocycles. The van der Waals surface area contributed by atoms with Gasteiger partial charge in [-0.05, 0) is 60.7 Å². The molecule has 9 heteroatoms. The first-order chi connectivity index (χ1) is 19.7. The molecule has 5 rings (SSSR count). The van der Waals surface area contributed by atoms with Crippen LogP contribution in [0, 0.1) is 5.82 Å². The Morgan fingerprint density at radius 3 is 2.62 bits per heavy atom. The van der Waals surface area contributed by atoms with Crippen LogP contribution < -0.4 is 9.47 Å². The second-order valence-corrected chi connectivity index (χ2v) is 10.2. The topological polar surface area (TPSA) is 80.9 Å². The van der Waals surface area contributed by atoms with Crippen molar-refractivity contribution in [2.75, 3.05) is 6.56 Å². The number of halogens is 3. The zero-order valence-corrected chi connectivity index (χ0v) is 20.5. The van der Waals surface area contributed by atoms with E-state index in [1.165, 1.54) is 10.6 Å². The van der Waals surface area contributed by atoms with Crippen LogP contribution in [0.3, 0.4) is 0 Å². The number of aromatic nitrogens is 1. The molecule has 1 aliphatic carbocycles. The first-order valence-electron chi connectivity index (χ1n) is 14.9. The zero-order valence-electron chi connectivity index (χ0n) is 26.5. The van der Waals surface area contributed by atoms with Gasteiger partial charge in [0.15, 0.2) is 11.5 Å². The molecule has 0 amide bonds. The summed E-state index contributed by atoms with van der Waals surface area (Å²) in [7, 11) is 0. The summed E-state index contributed by atoms with van der Waals surface area (Å²) in [5.41, 5.74) is -1.64. The highest BCUT2D eigenvalue weighted by Crippen LogP contribution is 2.52. The van der Waals surface area contributed by atoms with Gasteiger partial charge >= 0.3 is 6.29 Å². The van der Waals surface area contributed by atoms with Gasteiger partial charge < -0.3 is 24.3 Å². The van der Waals surface area contributed by atoms with E-state index in [4.69, 9.17) is 8.22 Å². The number of hydrogen-bond acceptors (Lipinski definition) is 5. The van der Waals surface area contributed by atoms with E-state index < -0.39 is 84.0 Å². The van der Waals surface area contributed by atoms with Crippen molar-refractivity contribution in [3.05, 3.63) is 59.0 Å². The quantitative estimate of drug-likeness (QED) is 0.413. The van der Waals surface area contributed by atoms with Crippen molar-refractivity contribution in [3.8, 4) is 11.5 Å². The van der Waals surface area contributed by atoms with Crippen LogP contribution in [0.4, 0.5) is 13.2 Å². The molecule has 3 aromatic rings. The normalized spacial score (nSPS) is 21.8. The van der Waals surface area contributed by atoms with Gasteiger partial charge in [0, 0.05) is 22.9 Å². The number of alkyl halides is 2. The van der Waals surface area contributed by atoms with Crippen LogP contribution in [0.2, 0.25) is 0 Å². The number of aliphatic hydroxyl groups is 2. The van der Waals surface area contributed by atoms with Crippen LogP contribution in [0.5, 0.6) is 11.5 Å². The maximum Gasteiger partial charge on any atom is 0.586 e. The molecule has 1 saturated carbocycles. The summed E-state index contributed by atoms with van der Waals surface area (Å²) in [5, 5.41) is 20.6. The lowest BCUT2D eigenvalue weighted by Gasteiger charge is -2.26. The van der Waals surface area contributed by atoms with Crippen LogP contribution >= 0.6 is 0 Å². The smallest absolute Gasteiger partial charge is 0.395 e. The van der Waals surface area contributed by atoms with Gasteiger partial charge in [0.2, 0.25) is 0 Å². The lowest BCUT2D eigenvalue weighted by molar-refractivity contribution is -0.286. The molecule has 0 bridgehead atoms. The first-order valence-corrected chi connectivity index (χ1v) is 11.9. The number of rotatable bonds is 9. The monoisotopic (exact) mass is 523 g/mol. The van der Waals surface area contributed by atoms with E-state index in [1.54, 1.807) is 6.07 Å². The minimum absolute atomic E-state index is 0.0446. The average molecular weight is 524 g/mol.